The first-order valence-corrected chi connectivity index (χ1v) is 7.99. The van der Waals surface area contributed by atoms with E-state index < -0.39 is 0 Å². The number of thioether (sulfide) groups is 1. The summed E-state index contributed by atoms with van der Waals surface area (Å²) in [4.78, 5) is 12.0. The third kappa shape index (κ3) is 4.12. The highest BCUT2D eigenvalue weighted by molar-refractivity contribution is 7.99. The van der Waals surface area contributed by atoms with E-state index in [2.05, 4.69) is 15.5 Å². The number of halogens is 2. The second-order valence-corrected chi connectivity index (χ2v) is 6.30. The van der Waals surface area contributed by atoms with Crippen molar-refractivity contribution in [1.29, 1.82) is 0 Å². The van der Waals surface area contributed by atoms with Crippen molar-refractivity contribution in [3.63, 3.8) is 0 Å². The Morgan fingerprint density at radius 3 is 2.67 bits per heavy atom. The molecule has 0 aliphatic heterocycles. The van der Waals surface area contributed by atoms with Crippen LogP contribution in [-0.2, 0) is 4.79 Å². The van der Waals surface area contributed by atoms with Crippen molar-refractivity contribution in [2.24, 2.45) is 0 Å². The molecule has 0 aliphatic carbocycles. The first-order valence-electron chi connectivity index (χ1n) is 6.25. The van der Waals surface area contributed by atoms with E-state index in [4.69, 9.17) is 23.2 Å². The smallest absolute Gasteiger partial charge is 0.234 e. The maximum atomic E-state index is 12.0. The summed E-state index contributed by atoms with van der Waals surface area (Å²) >= 11 is 13.3. The van der Waals surface area contributed by atoms with Gasteiger partial charge in [-0.1, -0.05) is 41.0 Å². The van der Waals surface area contributed by atoms with Crippen molar-refractivity contribution in [3.8, 4) is 0 Å². The standard InChI is InChI=1S/C13H14Cl2N4OS/c1-8(2)19-7-16-18-13(19)21-6-11(20)17-12-9(14)4-3-5-10(12)15/h3-5,7-8H,6H2,1-2H3,(H,17,20). The van der Waals surface area contributed by atoms with E-state index in [0.717, 1.165) is 0 Å². The second-order valence-electron chi connectivity index (χ2n) is 4.55. The van der Waals surface area contributed by atoms with Crippen LogP contribution in [0.3, 0.4) is 0 Å². The zero-order chi connectivity index (χ0) is 15.4. The number of hydrogen-bond acceptors (Lipinski definition) is 4. The average Bonchev–Trinajstić information content (AvgIpc) is 2.89. The van der Waals surface area contributed by atoms with E-state index >= 15 is 0 Å². The SMILES string of the molecule is CC(C)n1cnnc1SCC(=O)Nc1c(Cl)cccc1Cl. The predicted octanol–water partition coefficient (Wildman–Crippen LogP) is 3.90. The Balaban J connectivity index is 1.98. The van der Waals surface area contributed by atoms with Crippen LogP contribution in [0.25, 0.3) is 0 Å². The van der Waals surface area contributed by atoms with Gasteiger partial charge in [0.05, 0.1) is 21.5 Å². The van der Waals surface area contributed by atoms with Crippen LogP contribution in [0, 0.1) is 0 Å². The van der Waals surface area contributed by atoms with Gasteiger partial charge in [-0.25, -0.2) is 0 Å². The molecule has 0 bridgehead atoms. The molecule has 1 N–H and O–H groups in total. The van der Waals surface area contributed by atoms with Crippen LogP contribution in [0.15, 0.2) is 29.7 Å². The molecule has 8 heteroatoms. The minimum atomic E-state index is -0.201. The zero-order valence-corrected chi connectivity index (χ0v) is 13.8. The van der Waals surface area contributed by atoms with Gasteiger partial charge in [-0.15, -0.1) is 10.2 Å². The lowest BCUT2D eigenvalue weighted by molar-refractivity contribution is -0.113. The lowest BCUT2D eigenvalue weighted by atomic mass is 10.3. The molecule has 0 spiro atoms. The molecule has 1 aromatic carbocycles. The lowest BCUT2D eigenvalue weighted by Crippen LogP contribution is -2.15. The lowest BCUT2D eigenvalue weighted by Gasteiger charge is -2.10. The number of aromatic nitrogens is 3. The van der Waals surface area contributed by atoms with Crippen molar-refractivity contribution < 1.29 is 4.79 Å². The van der Waals surface area contributed by atoms with Gasteiger partial charge in [0.25, 0.3) is 0 Å². The van der Waals surface area contributed by atoms with E-state index in [1.54, 1.807) is 24.5 Å². The first kappa shape index (κ1) is 16.1. The van der Waals surface area contributed by atoms with Gasteiger partial charge in [0.15, 0.2) is 5.16 Å². The van der Waals surface area contributed by atoms with E-state index in [1.165, 1.54) is 11.8 Å². The van der Waals surface area contributed by atoms with Gasteiger partial charge < -0.3 is 9.88 Å². The van der Waals surface area contributed by atoms with Gasteiger partial charge in [0.1, 0.15) is 6.33 Å². The van der Waals surface area contributed by atoms with Crippen LogP contribution in [-0.4, -0.2) is 26.4 Å². The highest BCUT2D eigenvalue weighted by Gasteiger charge is 2.13. The number of benzene rings is 1. The zero-order valence-electron chi connectivity index (χ0n) is 11.5. The number of nitrogens with one attached hydrogen (secondary N) is 1. The highest BCUT2D eigenvalue weighted by Crippen LogP contribution is 2.30. The molecule has 0 saturated heterocycles. The molecule has 2 rings (SSSR count). The van der Waals surface area contributed by atoms with Gasteiger partial charge >= 0.3 is 0 Å². The fourth-order valence-electron chi connectivity index (χ4n) is 1.61. The summed E-state index contributed by atoms with van der Waals surface area (Å²) in [7, 11) is 0. The van der Waals surface area contributed by atoms with Crippen molar-refractivity contribution in [1.82, 2.24) is 14.8 Å². The van der Waals surface area contributed by atoms with Crippen LogP contribution in [0.5, 0.6) is 0 Å². The van der Waals surface area contributed by atoms with Crippen molar-refractivity contribution in [2.75, 3.05) is 11.1 Å². The van der Waals surface area contributed by atoms with Gasteiger partial charge in [-0.2, -0.15) is 0 Å². The Morgan fingerprint density at radius 2 is 2.05 bits per heavy atom. The Bertz CT molecular complexity index is 625. The summed E-state index contributed by atoms with van der Waals surface area (Å²) in [5, 5.41) is 12.1. The number of anilines is 1. The van der Waals surface area contributed by atoms with Crippen LogP contribution in [0.2, 0.25) is 10.0 Å². The minimum absolute atomic E-state index is 0.201. The summed E-state index contributed by atoms with van der Waals surface area (Å²) in [5.74, 6) is 0.000712. The van der Waals surface area contributed by atoms with Crippen molar-refractivity contribution in [3.05, 3.63) is 34.6 Å². The minimum Gasteiger partial charge on any atom is -0.323 e. The second kappa shape index (κ2) is 7.15. The molecular weight excluding hydrogens is 331 g/mol. The van der Waals surface area contributed by atoms with E-state index in [9.17, 15) is 4.79 Å². The Kier molecular flexibility index (Phi) is 5.50. The van der Waals surface area contributed by atoms with Crippen LogP contribution in [0.1, 0.15) is 19.9 Å². The molecule has 0 unspecified atom stereocenters. The Labute approximate surface area is 137 Å². The molecule has 0 aliphatic rings. The number of para-hydroxylation sites is 1. The average molecular weight is 345 g/mol. The Morgan fingerprint density at radius 1 is 1.38 bits per heavy atom. The summed E-state index contributed by atoms with van der Waals surface area (Å²) in [5.41, 5.74) is 0.428. The third-order valence-corrected chi connectivity index (χ3v) is 4.24. The number of carbonyl (C=O) groups excluding carboxylic acids is 1. The number of amides is 1. The third-order valence-electron chi connectivity index (χ3n) is 2.66. The largest absolute Gasteiger partial charge is 0.323 e. The number of carbonyl (C=O) groups is 1. The van der Waals surface area contributed by atoms with Crippen LogP contribution in [0.4, 0.5) is 5.69 Å². The van der Waals surface area contributed by atoms with Gasteiger partial charge in [0, 0.05) is 6.04 Å². The van der Waals surface area contributed by atoms with Crippen molar-refractivity contribution in [2.45, 2.75) is 25.0 Å². The predicted molar refractivity (Wildman–Crippen MR) is 86.2 cm³/mol. The fourth-order valence-corrected chi connectivity index (χ4v) is 2.95. The molecule has 5 nitrogen and oxygen atoms in total. The van der Waals surface area contributed by atoms with E-state index in [1.807, 2.05) is 18.4 Å². The van der Waals surface area contributed by atoms with E-state index in [0.29, 0.717) is 20.9 Å². The number of nitrogens with zero attached hydrogens (tertiary/aromatic N) is 3. The van der Waals surface area contributed by atoms with Crippen LogP contribution < -0.4 is 5.32 Å². The van der Waals surface area contributed by atoms with Crippen LogP contribution >= 0.6 is 35.0 Å². The summed E-state index contributed by atoms with van der Waals surface area (Å²) in [6, 6.07) is 5.31. The molecule has 1 amide bonds. The summed E-state index contributed by atoms with van der Waals surface area (Å²) in [6.45, 7) is 4.05. The number of hydrogen-bond donors (Lipinski definition) is 1. The van der Waals surface area contributed by atoms with Gasteiger partial charge in [-0.3, -0.25) is 4.79 Å². The van der Waals surface area contributed by atoms with E-state index in [-0.39, 0.29) is 17.7 Å². The Hall–Kier alpha value is -1.24. The molecule has 21 heavy (non-hydrogen) atoms. The molecule has 0 atom stereocenters. The quantitative estimate of drug-likeness (QED) is 0.835. The topological polar surface area (TPSA) is 59.8 Å². The first-order chi connectivity index (χ1) is 9.99. The van der Waals surface area contributed by atoms with Gasteiger partial charge in [-0.05, 0) is 26.0 Å². The normalized spacial score (nSPS) is 10.9. The van der Waals surface area contributed by atoms with Crippen molar-refractivity contribution >= 4 is 46.6 Å². The number of rotatable bonds is 5. The molecular formula is C13H14Cl2N4OS. The summed E-state index contributed by atoms with van der Waals surface area (Å²) in [6.07, 6.45) is 1.65. The molecule has 0 fully saturated rings. The molecule has 1 aromatic heterocycles. The maximum Gasteiger partial charge on any atom is 0.234 e. The molecule has 2 aromatic rings. The molecule has 112 valence electrons. The fraction of sp³-hybridized carbons (Fsp3) is 0.308. The molecule has 0 radical (unpaired) electrons. The molecule has 1 heterocycles. The molecule has 0 saturated carbocycles. The van der Waals surface area contributed by atoms with Gasteiger partial charge in [0.2, 0.25) is 5.91 Å². The maximum absolute atomic E-state index is 12.0. The summed E-state index contributed by atoms with van der Waals surface area (Å²) < 4.78 is 1.90. The highest BCUT2D eigenvalue weighted by atomic mass is 35.5. The monoisotopic (exact) mass is 344 g/mol.